The number of carboxylic acids is 1. The Hall–Kier alpha value is -0.690. The van der Waals surface area contributed by atoms with Crippen molar-refractivity contribution in [2.45, 2.75) is 24.6 Å². The fourth-order valence-corrected chi connectivity index (χ4v) is 5.49. The zero-order chi connectivity index (χ0) is 16.7. The van der Waals surface area contributed by atoms with Gasteiger partial charge < -0.3 is 5.11 Å². The van der Waals surface area contributed by atoms with Crippen molar-refractivity contribution in [1.29, 1.82) is 0 Å². The molecule has 3 rings (SSSR count). The van der Waals surface area contributed by atoms with Gasteiger partial charge in [-0.2, -0.15) is 5.10 Å². The summed E-state index contributed by atoms with van der Waals surface area (Å²) in [5.74, 6) is -1.20. The van der Waals surface area contributed by atoms with Gasteiger partial charge in [-0.1, -0.05) is 46.1 Å². The first-order valence-electron chi connectivity index (χ1n) is 6.94. The van der Waals surface area contributed by atoms with Crippen molar-refractivity contribution in [1.82, 2.24) is 0 Å². The number of rotatable bonds is 3. The van der Waals surface area contributed by atoms with Crippen molar-refractivity contribution in [3.8, 4) is 0 Å². The molecular formula is C15H13BrCl2N2O2S. The molecule has 0 amide bonds. The van der Waals surface area contributed by atoms with Crippen LogP contribution in [0.5, 0.6) is 0 Å². The standard InChI is InChI=1S/C15H13BrCl2N2O2S/c1-7-13(15(21)22)19-20(11-3-2-9(17)5-10(11)18)14(7)12-4-8(16)6-23-12/h2-3,5-7,12,14H,4H2,1H3,(H,21,22)/t7-,12?,14+/m0/s1. The highest BCUT2D eigenvalue weighted by Gasteiger charge is 2.44. The van der Waals surface area contributed by atoms with Gasteiger partial charge >= 0.3 is 5.97 Å². The van der Waals surface area contributed by atoms with Crippen LogP contribution in [0.1, 0.15) is 13.3 Å². The van der Waals surface area contributed by atoms with E-state index >= 15 is 0 Å². The molecule has 0 radical (unpaired) electrons. The van der Waals surface area contributed by atoms with Crippen LogP contribution in [-0.4, -0.2) is 28.1 Å². The van der Waals surface area contributed by atoms with E-state index in [-0.39, 0.29) is 22.9 Å². The summed E-state index contributed by atoms with van der Waals surface area (Å²) in [6.07, 6.45) is 0.837. The smallest absolute Gasteiger partial charge is 0.352 e. The molecule has 0 aromatic heterocycles. The van der Waals surface area contributed by atoms with E-state index in [0.717, 1.165) is 10.9 Å². The molecule has 23 heavy (non-hydrogen) atoms. The molecule has 2 heterocycles. The van der Waals surface area contributed by atoms with Gasteiger partial charge in [-0.05, 0) is 30.0 Å². The molecule has 0 aliphatic carbocycles. The van der Waals surface area contributed by atoms with Crippen molar-refractivity contribution in [3.63, 3.8) is 0 Å². The number of anilines is 1. The van der Waals surface area contributed by atoms with Crippen LogP contribution >= 0.6 is 50.9 Å². The second-order valence-electron chi connectivity index (χ2n) is 5.45. The second kappa shape index (κ2) is 6.67. The highest BCUT2D eigenvalue weighted by molar-refractivity contribution is 9.11. The van der Waals surface area contributed by atoms with Gasteiger partial charge in [0.15, 0.2) is 5.71 Å². The number of nitrogens with zero attached hydrogens (tertiary/aromatic N) is 2. The van der Waals surface area contributed by atoms with Crippen LogP contribution in [0.25, 0.3) is 0 Å². The average molecular weight is 436 g/mol. The van der Waals surface area contributed by atoms with Crippen LogP contribution in [0.2, 0.25) is 10.0 Å². The molecule has 2 aliphatic rings. The lowest BCUT2D eigenvalue weighted by atomic mass is 9.93. The van der Waals surface area contributed by atoms with Crippen molar-refractivity contribution < 1.29 is 9.90 Å². The number of hydrogen-bond acceptors (Lipinski definition) is 4. The fourth-order valence-electron chi connectivity index (χ4n) is 2.90. The SMILES string of the molecule is C[C@H]1C(C(=O)O)=NN(c2ccc(Cl)cc2Cl)[C@H]1C1CC(Br)=CS1. The molecule has 1 aromatic rings. The predicted molar refractivity (Wildman–Crippen MR) is 100.0 cm³/mol. The van der Waals surface area contributed by atoms with Crippen LogP contribution in [0.4, 0.5) is 5.69 Å². The number of allylic oxidation sites excluding steroid dienone is 1. The zero-order valence-electron chi connectivity index (χ0n) is 12.0. The van der Waals surface area contributed by atoms with Crippen LogP contribution in [0.15, 0.2) is 33.2 Å². The lowest BCUT2D eigenvalue weighted by Gasteiger charge is -2.31. The summed E-state index contributed by atoms with van der Waals surface area (Å²) in [7, 11) is 0. The van der Waals surface area contributed by atoms with Crippen molar-refractivity contribution >= 4 is 68.3 Å². The lowest BCUT2D eigenvalue weighted by Crippen LogP contribution is -2.41. The van der Waals surface area contributed by atoms with Crippen LogP contribution in [0.3, 0.4) is 0 Å². The molecule has 1 unspecified atom stereocenters. The van der Waals surface area contributed by atoms with E-state index in [4.69, 9.17) is 23.2 Å². The Morgan fingerprint density at radius 2 is 2.22 bits per heavy atom. The van der Waals surface area contributed by atoms with Gasteiger partial charge in [0, 0.05) is 20.7 Å². The number of halogens is 3. The van der Waals surface area contributed by atoms with Gasteiger partial charge in [0.2, 0.25) is 0 Å². The predicted octanol–water partition coefficient (Wildman–Crippen LogP) is 5.00. The van der Waals surface area contributed by atoms with Crippen LogP contribution in [-0.2, 0) is 4.79 Å². The van der Waals surface area contributed by atoms with E-state index in [9.17, 15) is 9.90 Å². The Bertz CT molecular complexity index is 725. The molecule has 122 valence electrons. The van der Waals surface area contributed by atoms with Gasteiger partial charge in [0.05, 0.1) is 16.8 Å². The number of thioether (sulfide) groups is 1. The maximum absolute atomic E-state index is 11.5. The quantitative estimate of drug-likeness (QED) is 0.725. The van der Waals surface area contributed by atoms with E-state index in [0.29, 0.717) is 15.7 Å². The van der Waals surface area contributed by atoms with E-state index in [2.05, 4.69) is 26.4 Å². The Morgan fingerprint density at radius 1 is 1.48 bits per heavy atom. The number of carbonyl (C=O) groups is 1. The highest BCUT2D eigenvalue weighted by Crippen LogP contribution is 2.44. The molecule has 0 spiro atoms. The Balaban J connectivity index is 2.01. The first-order valence-corrected chi connectivity index (χ1v) is 9.43. The third-order valence-electron chi connectivity index (χ3n) is 3.96. The number of benzene rings is 1. The largest absolute Gasteiger partial charge is 0.477 e. The van der Waals surface area contributed by atoms with Gasteiger partial charge in [-0.3, -0.25) is 5.01 Å². The third kappa shape index (κ3) is 3.27. The zero-order valence-corrected chi connectivity index (χ0v) is 16.0. The summed E-state index contributed by atoms with van der Waals surface area (Å²) >= 11 is 17.5. The summed E-state index contributed by atoms with van der Waals surface area (Å²) in [5.41, 5.74) is 0.831. The topological polar surface area (TPSA) is 52.9 Å². The minimum atomic E-state index is -0.995. The first-order chi connectivity index (χ1) is 10.9. The van der Waals surface area contributed by atoms with E-state index in [1.807, 2.05) is 6.92 Å². The van der Waals surface area contributed by atoms with Crippen molar-refractivity contribution in [2.75, 3.05) is 5.01 Å². The monoisotopic (exact) mass is 434 g/mol. The molecule has 1 N–H and O–H groups in total. The van der Waals surface area contributed by atoms with Gasteiger partial charge in [0.25, 0.3) is 0 Å². The maximum Gasteiger partial charge on any atom is 0.352 e. The number of aliphatic carboxylic acids is 1. The molecule has 1 aromatic carbocycles. The molecule has 0 saturated carbocycles. The molecule has 3 atom stereocenters. The summed E-state index contributed by atoms with van der Waals surface area (Å²) < 4.78 is 1.12. The first kappa shape index (κ1) is 17.1. The van der Waals surface area contributed by atoms with Gasteiger partial charge in [-0.15, -0.1) is 11.8 Å². The van der Waals surface area contributed by atoms with Crippen LogP contribution in [0, 0.1) is 5.92 Å². The van der Waals surface area contributed by atoms with Crippen molar-refractivity contribution in [2.24, 2.45) is 11.0 Å². The summed E-state index contributed by atoms with van der Waals surface area (Å²) in [6.45, 7) is 1.90. The minimum Gasteiger partial charge on any atom is -0.477 e. The Kier molecular flexibility index (Phi) is 4.97. The van der Waals surface area contributed by atoms with Gasteiger partial charge in [0.1, 0.15) is 0 Å². The number of hydrazone groups is 1. The number of hydrogen-bond donors (Lipinski definition) is 1. The highest BCUT2D eigenvalue weighted by atomic mass is 79.9. The normalized spacial score (nSPS) is 27.1. The molecule has 8 heteroatoms. The van der Waals surface area contributed by atoms with Gasteiger partial charge in [-0.25, -0.2) is 4.79 Å². The number of carboxylic acid groups (broad SMARTS) is 1. The molecule has 2 aliphatic heterocycles. The minimum absolute atomic E-state index is 0.0870. The van der Waals surface area contributed by atoms with Crippen LogP contribution < -0.4 is 5.01 Å². The Morgan fingerprint density at radius 3 is 2.78 bits per heavy atom. The summed E-state index contributed by atoms with van der Waals surface area (Å²) in [5, 5.41) is 18.8. The second-order valence-corrected chi connectivity index (χ2v) is 8.43. The summed E-state index contributed by atoms with van der Waals surface area (Å²) in [4.78, 5) is 11.5. The molecule has 4 nitrogen and oxygen atoms in total. The Labute approximate surface area is 156 Å². The summed E-state index contributed by atoms with van der Waals surface area (Å²) in [6, 6.07) is 5.07. The molecule has 0 saturated heterocycles. The fraction of sp³-hybridized carbons (Fsp3) is 0.333. The molecule has 0 fully saturated rings. The maximum atomic E-state index is 11.5. The lowest BCUT2D eigenvalue weighted by molar-refractivity contribution is -0.129. The van der Waals surface area contributed by atoms with E-state index in [1.54, 1.807) is 35.0 Å². The van der Waals surface area contributed by atoms with E-state index in [1.165, 1.54) is 0 Å². The van der Waals surface area contributed by atoms with Crippen molar-refractivity contribution in [3.05, 3.63) is 38.1 Å². The molecular weight excluding hydrogens is 423 g/mol. The average Bonchev–Trinajstić information content (AvgIpc) is 3.02. The van der Waals surface area contributed by atoms with E-state index < -0.39 is 5.97 Å². The third-order valence-corrected chi connectivity index (χ3v) is 6.57. The molecule has 0 bridgehead atoms.